The highest BCUT2D eigenvalue weighted by atomic mass is 79.9. The third-order valence-corrected chi connectivity index (χ3v) is 3.62. The van der Waals surface area contributed by atoms with Crippen LogP contribution in [0.3, 0.4) is 0 Å². The SMILES string of the molecule is BrC1C=CC=CN1CC1CCOCC1. The van der Waals surface area contributed by atoms with Gasteiger partial charge in [0, 0.05) is 26.0 Å². The van der Waals surface area contributed by atoms with Gasteiger partial charge >= 0.3 is 0 Å². The molecule has 0 spiro atoms. The normalized spacial score (nSPS) is 28.4. The summed E-state index contributed by atoms with van der Waals surface area (Å²) in [5.74, 6) is 0.792. The molecule has 0 aromatic rings. The zero-order valence-electron chi connectivity index (χ0n) is 8.23. The molecule has 0 radical (unpaired) electrons. The number of rotatable bonds is 2. The lowest BCUT2D eigenvalue weighted by molar-refractivity contribution is 0.0580. The van der Waals surface area contributed by atoms with Gasteiger partial charge in [-0.05, 0) is 24.8 Å². The fourth-order valence-corrected chi connectivity index (χ4v) is 2.38. The summed E-state index contributed by atoms with van der Waals surface area (Å²) in [6.07, 6.45) is 10.9. The van der Waals surface area contributed by atoms with Crippen LogP contribution in [-0.4, -0.2) is 29.6 Å². The van der Waals surface area contributed by atoms with Gasteiger partial charge in [-0.2, -0.15) is 0 Å². The van der Waals surface area contributed by atoms with Gasteiger partial charge in [0.1, 0.15) is 4.95 Å². The number of ether oxygens (including phenoxy) is 1. The molecular weight excluding hydrogens is 242 g/mol. The number of alkyl halides is 1. The van der Waals surface area contributed by atoms with Gasteiger partial charge in [-0.1, -0.05) is 28.1 Å². The Hall–Kier alpha value is -0.280. The highest BCUT2D eigenvalue weighted by Crippen LogP contribution is 2.21. The highest BCUT2D eigenvalue weighted by Gasteiger charge is 2.19. The minimum Gasteiger partial charge on any atom is -0.381 e. The second-order valence-electron chi connectivity index (χ2n) is 3.85. The molecule has 1 atom stereocenters. The predicted molar refractivity (Wildman–Crippen MR) is 61.2 cm³/mol. The Morgan fingerprint density at radius 3 is 2.79 bits per heavy atom. The summed E-state index contributed by atoms with van der Waals surface area (Å²) >= 11 is 3.64. The van der Waals surface area contributed by atoms with Crippen molar-refractivity contribution in [2.24, 2.45) is 5.92 Å². The summed E-state index contributed by atoms with van der Waals surface area (Å²) in [6.45, 7) is 3.01. The molecular formula is C11H16BrNO. The summed E-state index contributed by atoms with van der Waals surface area (Å²) < 4.78 is 5.35. The van der Waals surface area contributed by atoms with Gasteiger partial charge < -0.3 is 9.64 Å². The number of hydrogen-bond donors (Lipinski definition) is 0. The maximum absolute atomic E-state index is 5.35. The second kappa shape index (κ2) is 4.99. The van der Waals surface area contributed by atoms with E-state index in [0.717, 1.165) is 25.7 Å². The molecule has 2 rings (SSSR count). The molecule has 0 saturated carbocycles. The topological polar surface area (TPSA) is 12.5 Å². The summed E-state index contributed by atoms with van der Waals surface area (Å²) in [4.78, 5) is 2.71. The molecule has 2 aliphatic rings. The Morgan fingerprint density at radius 1 is 1.29 bits per heavy atom. The zero-order valence-corrected chi connectivity index (χ0v) is 9.82. The van der Waals surface area contributed by atoms with E-state index >= 15 is 0 Å². The first-order valence-electron chi connectivity index (χ1n) is 5.19. The molecule has 2 aliphatic heterocycles. The maximum atomic E-state index is 5.35. The van der Waals surface area contributed by atoms with Gasteiger partial charge in [0.25, 0.3) is 0 Å². The van der Waals surface area contributed by atoms with Crippen LogP contribution in [0.2, 0.25) is 0 Å². The van der Waals surface area contributed by atoms with Crippen molar-refractivity contribution < 1.29 is 4.74 Å². The van der Waals surface area contributed by atoms with Crippen molar-refractivity contribution in [2.45, 2.75) is 17.8 Å². The van der Waals surface area contributed by atoms with E-state index in [4.69, 9.17) is 4.74 Å². The Bertz CT molecular complexity index is 233. The fourth-order valence-electron chi connectivity index (χ4n) is 1.90. The molecule has 0 N–H and O–H groups in total. The van der Waals surface area contributed by atoms with Crippen LogP contribution < -0.4 is 0 Å². The number of halogens is 1. The third kappa shape index (κ3) is 2.61. The third-order valence-electron chi connectivity index (χ3n) is 2.79. The standard InChI is InChI=1S/C11H16BrNO/c12-11-3-1-2-6-13(11)9-10-4-7-14-8-5-10/h1-3,6,10-11H,4-5,7-9H2. The lowest BCUT2D eigenvalue weighted by atomic mass is 10.00. The van der Waals surface area contributed by atoms with Crippen LogP contribution >= 0.6 is 15.9 Å². The summed E-state index contributed by atoms with van der Waals surface area (Å²) in [6, 6.07) is 0. The number of nitrogens with zero attached hydrogens (tertiary/aromatic N) is 1. The average molecular weight is 258 g/mol. The molecule has 0 amide bonds. The van der Waals surface area contributed by atoms with E-state index in [2.05, 4.69) is 45.3 Å². The molecule has 14 heavy (non-hydrogen) atoms. The minimum absolute atomic E-state index is 0.371. The molecule has 2 nitrogen and oxygen atoms in total. The van der Waals surface area contributed by atoms with Crippen molar-refractivity contribution in [3.05, 3.63) is 24.4 Å². The summed E-state index contributed by atoms with van der Waals surface area (Å²) in [5, 5.41) is 0. The van der Waals surface area contributed by atoms with E-state index in [0.29, 0.717) is 4.95 Å². The summed E-state index contributed by atoms with van der Waals surface area (Å²) in [7, 11) is 0. The first-order valence-corrected chi connectivity index (χ1v) is 6.10. The van der Waals surface area contributed by atoms with Gasteiger partial charge in [-0.25, -0.2) is 0 Å². The van der Waals surface area contributed by atoms with E-state index in [1.165, 1.54) is 12.8 Å². The first kappa shape index (κ1) is 10.2. The van der Waals surface area contributed by atoms with Crippen LogP contribution in [0.1, 0.15) is 12.8 Å². The zero-order chi connectivity index (χ0) is 9.80. The summed E-state index contributed by atoms with van der Waals surface area (Å²) in [5.41, 5.74) is 0. The fraction of sp³-hybridized carbons (Fsp3) is 0.636. The molecule has 0 bridgehead atoms. The monoisotopic (exact) mass is 257 g/mol. The van der Waals surface area contributed by atoms with E-state index < -0.39 is 0 Å². The van der Waals surface area contributed by atoms with Gasteiger partial charge in [0.2, 0.25) is 0 Å². The van der Waals surface area contributed by atoms with Crippen molar-refractivity contribution in [3.8, 4) is 0 Å². The van der Waals surface area contributed by atoms with Crippen molar-refractivity contribution in [1.29, 1.82) is 0 Å². The molecule has 0 aromatic heterocycles. The van der Waals surface area contributed by atoms with Crippen LogP contribution in [0.25, 0.3) is 0 Å². The van der Waals surface area contributed by atoms with Crippen molar-refractivity contribution in [1.82, 2.24) is 4.90 Å². The highest BCUT2D eigenvalue weighted by molar-refractivity contribution is 9.09. The van der Waals surface area contributed by atoms with Gasteiger partial charge in [0.05, 0.1) is 0 Å². The van der Waals surface area contributed by atoms with Crippen LogP contribution in [-0.2, 0) is 4.74 Å². The quantitative estimate of drug-likeness (QED) is 0.557. The molecule has 1 fully saturated rings. The van der Waals surface area contributed by atoms with E-state index in [-0.39, 0.29) is 0 Å². The molecule has 0 aliphatic carbocycles. The van der Waals surface area contributed by atoms with Crippen LogP contribution in [0, 0.1) is 5.92 Å². The number of hydrogen-bond acceptors (Lipinski definition) is 2. The first-order chi connectivity index (χ1) is 6.86. The van der Waals surface area contributed by atoms with E-state index in [1.807, 2.05) is 0 Å². The Balaban J connectivity index is 1.83. The van der Waals surface area contributed by atoms with E-state index in [1.54, 1.807) is 0 Å². The largest absolute Gasteiger partial charge is 0.381 e. The van der Waals surface area contributed by atoms with Gasteiger partial charge in [0.15, 0.2) is 0 Å². The molecule has 0 aromatic carbocycles. The number of allylic oxidation sites excluding steroid dienone is 2. The molecule has 1 unspecified atom stereocenters. The van der Waals surface area contributed by atoms with Crippen molar-refractivity contribution in [2.75, 3.05) is 19.8 Å². The van der Waals surface area contributed by atoms with Crippen molar-refractivity contribution >= 4 is 15.9 Å². The molecule has 3 heteroatoms. The van der Waals surface area contributed by atoms with Crippen LogP contribution in [0.5, 0.6) is 0 Å². The van der Waals surface area contributed by atoms with Gasteiger partial charge in [-0.3, -0.25) is 0 Å². The molecule has 2 heterocycles. The van der Waals surface area contributed by atoms with Gasteiger partial charge in [-0.15, -0.1) is 0 Å². The molecule has 1 saturated heterocycles. The Labute approximate surface area is 93.7 Å². The van der Waals surface area contributed by atoms with Crippen LogP contribution in [0.4, 0.5) is 0 Å². The lowest BCUT2D eigenvalue weighted by Gasteiger charge is -2.32. The maximum Gasteiger partial charge on any atom is 0.103 e. The average Bonchev–Trinajstić information content (AvgIpc) is 2.23. The van der Waals surface area contributed by atoms with Crippen molar-refractivity contribution in [3.63, 3.8) is 0 Å². The predicted octanol–water partition coefficient (Wildman–Crippen LogP) is 2.52. The Morgan fingerprint density at radius 2 is 2.07 bits per heavy atom. The minimum atomic E-state index is 0.371. The van der Waals surface area contributed by atoms with Crippen LogP contribution in [0.15, 0.2) is 24.4 Å². The second-order valence-corrected chi connectivity index (χ2v) is 4.79. The smallest absolute Gasteiger partial charge is 0.103 e. The lowest BCUT2D eigenvalue weighted by Crippen LogP contribution is -2.33. The molecule has 78 valence electrons. The Kier molecular flexibility index (Phi) is 3.65. The van der Waals surface area contributed by atoms with E-state index in [9.17, 15) is 0 Å².